The van der Waals surface area contributed by atoms with Crippen LogP contribution in [0.1, 0.15) is 31.7 Å². The molecule has 4 nitrogen and oxygen atoms in total. The van der Waals surface area contributed by atoms with Gasteiger partial charge in [-0.1, -0.05) is 25.1 Å². The zero-order valence-electron chi connectivity index (χ0n) is 12.4. The highest BCUT2D eigenvalue weighted by atomic mass is 16.5. The molecule has 0 aromatic heterocycles. The highest BCUT2D eigenvalue weighted by Gasteiger charge is 2.29. The molecule has 0 heterocycles. The summed E-state index contributed by atoms with van der Waals surface area (Å²) in [5.41, 5.74) is 1.10. The van der Waals surface area contributed by atoms with E-state index in [1.807, 2.05) is 31.3 Å². The Kier molecular flexibility index (Phi) is 5.41. The molecular weight excluding hydrogens is 252 g/mol. The first-order valence-corrected chi connectivity index (χ1v) is 7.39. The highest BCUT2D eigenvalue weighted by molar-refractivity contribution is 5.78. The van der Waals surface area contributed by atoms with Crippen molar-refractivity contribution in [1.82, 2.24) is 10.2 Å². The van der Waals surface area contributed by atoms with Crippen LogP contribution in [0.2, 0.25) is 0 Å². The molecule has 1 fully saturated rings. The van der Waals surface area contributed by atoms with Gasteiger partial charge < -0.3 is 15.0 Å². The Hall–Kier alpha value is -1.55. The average Bonchev–Trinajstić information content (AvgIpc) is 3.30. The predicted octanol–water partition coefficient (Wildman–Crippen LogP) is 2.19. The fraction of sp³-hybridized carbons (Fsp3) is 0.562. The normalized spacial score (nSPS) is 14.1. The molecule has 110 valence electrons. The lowest BCUT2D eigenvalue weighted by Crippen LogP contribution is -2.33. The van der Waals surface area contributed by atoms with Gasteiger partial charge in [0.25, 0.3) is 5.91 Å². The Balaban J connectivity index is 1.86. The van der Waals surface area contributed by atoms with E-state index in [0.717, 1.165) is 43.7 Å². The van der Waals surface area contributed by atoms with Gasteiger partial charge in [-0.2, -0.15) is 0 Å². The maximum absolute atomic E-state index is 12.0. The molecule has 1 amide bonds. The monoisotopic (exact) mass is 276 g/mol. The number of benzene rings is 1. The third kappa shape index (κ3) is 4.23. The van der Waals surface area contributed by atoms with Crippen molar-refractivity contribution in [1.29, 1.82) is 0 Å². The molecule has 1 N–H and O–H groups in total. The van der Waals surface area contributed by atoms with Gasteiger partial charge >= 0.3 is 0 Å². The van der Waals surface area contributed by atoms with E-state index in [1.54, 1.807) is 4.90 Å². The number of hydrogen-bond donors (Lipinski definition) is 1. The molecule has 0 spiro atoms. The van der Waals surface area contributed by atoms with E-state index in [-0.39, 0.29) is 12.5 Å². The number of amides is 1. The first-order chi connectivity index (χ1) is 9.72. The van der Waals surface area contributed by atoms with Crippen LogP contribution in [-0.4, -0.2) is 37.0 Å². The van der Waals surface area contributed by atoms with Gasteiger partial charge in [0, 0.05) is 25.2 Å². The van der Waals surface area contributed by atoms with Crippen molar-refractivity contribution >= 4 is 5.91 Å². The first kappa shape index (κ1) is 14.9. The van der Waals surface area contributed by atoms with Crippen LogP contribution in [0.3, 0.4) is 0 Å². The van der Waals surface area contributed by atoms with Crippen molar-refractivity contribution in [2.45, 2.75) is 38.8 Å². The van der Waals surface area contributed by atoms with E-state index in [0.29, 0.717) is 6.04 Å². The van der Waals surface area contributed by atoms with Gasteiger partial charge in [0.2, 0.25) is 0 Å². The lowest BCUT2D eigenvalue weighted by atomic mass is 10.2. The van der Waals surface area contributed by atoms with Gasteiger partial charge in [0.05, 0.1) is 0 Å². The van der Waals surface area contributed by atoms with E-state index in [4.69, 9.17) is 4.74 Å². The smallest absolute Gasteiger partial charge is 0.260 e. The van der Waals surface area contributed by atoms with Crippen LogP contribution in [0.15, 0.2) is 24.3 Å². The van der Waals surface area contributed by atoms with Crippen LogP contribution in [0.5, 0.6) is 5.75 Å². The number of likely N-dealkylation sites (N-methyl/N-ethyl adjacent to an activating group) is 1. The molecular formula is C16H24N2O2. The van der Waals surface area contributed by atoms with Crippen molar-refractivity contribution < 1.29 is 9.53 Å². The van der Waals surface area contributed by atoms with E-state index >= 15 is 0 Å². The number of carbonyl (C=O) groups is 1. The number of nitrogens with one attached hydrogen (secondary N) is 1. The Labute approximate surface area is 121 Å². The molecule has 2 rings (SSSR count). The quantitative estimate of drug-likeness (QED) is 0.740. The summed E-state index contributed by atoms with van der Waals surface area (Å²) in [6.45, 7) is 4.02. The maximum atomic E-state index is 12.0. The van der Waals surface area contributed by atoms with Gasteiger partial charge in [-0.15, -0.1) is 0 Å². The number of carbonyl (C=O) groups excluding carboxylic acids is 1. The van der Waals surface area contributed by atoms with E-state index in [9.17, 15) is 4.79 Å². The maximum Gasteiger partial charge on any atom is 0.260 e. The zero-order chi connectivity index (χ0) is 14.4. The second-order valence-electron chi connectivity index (χ2n) is 5.31. The molecule has 0 unspecified atom stereocenters. The van der Waals surface area contributed by atoms with Gasteiger partial charge in [-0.25, -0.2) is 0 Å². The second kappa shape index (κ2) is 7.29. The largest absolute Gasteiger partial charge is 0.483 e. The summed E-state index contributed by atoms with van der Waals surface area (Å²) in [6, 6.07) is 8.33. The van der Waals surface area contributed by atoms with Crippen molar-refractivity contribution in [3.8, 4) is 5.75 Å². The Morgan fingerprint density at radius 2 is 2.15 bits per heavy atom. The Morgan fingerprint density at radius 3 is 2.85 bits per heavy atom. The van der Waals surface area contributed by atoms with Crippen LogP contribution in [0.4, 0.5) is 0 Å². The molecule has 4 heteroatoms. The standard InChI is InChI=1S/C16H24N2O2/c1-3-10-17-11-13-6-4-5-7-15(13)20-12-16(19)18(2)14-8-9-14/h4-7,14,17H,3,8-12H2,1-2H3. The SMILES string of the molecule is CCCNCc1ccccc1OCC(=O)N(C)C1CC1. The third-order valence-corrected chi connectivity index (χ3v) is 3.55. The van der Waals surface area contributed by atoms with Gasteiger partial charge in [0.1, 0.15) is 5.75 Å². The Morgan fingerprint density at radius 1 is 1.40 bits per heavy atom. The zero-order valence-corrected chi connectivity index (χ0v) is 12.4. The highest BCUT2D eigenvalue weighted by Crippen LogP contribution is 2.25. The minimum absolute atomic E-state index is 0.0591. The fourth-order valence-corrected chi connectivity index (χ4v) is 2.10. The summed E-state index contributed by atoms with van der Waals surface area (Å²) in [4.78, 5) is 13.8. The summed E-state index contributed by atoms with van der Waals surface area (Å²) >= 11 is 0. The van der Waals surface area contributed by atoms with Crippen molar-refractivity contribution in [2.75, 3.05) is 20.2 Å². The van der Waals surface area contributed by atoms with Gasteiger partial charge in [-0.05, 0) is 31.9 Å². The molecule has 1 saturated carbocycles. The Bertz CT molecular complexity index is 444. The first-order valence-electron chi connectivity index (χ1n) is 7.39. The summed E-state index contributed by atoms with van der Waals surface area (Å²) in [5, 5.41) is 3.36. The summed E-state index contributed by atoms with van der Waals surface area (Å²) in [5.74, 6) is 0.859. The molecule has 1 aliphatic carbocycles. The van der Waals surface area contributed by atoms with E-state index in [1.165, 1.54) is 0 Å². The number of hydrogen-bond acceptors (Lipinski definition) is 3. The van der Waals surface area contributed by atoms with Crippen molar-refractivity contribution in [3.05, 3.63) is 29.8 Å². The number of rotatable bonds is 8. The number of para-hydroxylation sites is 1. The molecule has 0 atom stereocenters. The van der Waals surface area contributed by atoms with Gasteiger partial charge in [0.15, 0.2) is 6.61 Å². The summed E-state index contributed by atoms with van der Waals surface area (Å²) in [7, 11) is 1.86. The molecule has 0 aliphatic heterocycles. The topological polar surface area (TPSA) is 41.6 Å². The fourth-order valence-electron chi connectivity index (χ4n) is 2.10. The van der Waals surface area contributed by atoms with Gasteiger partial charge in [-0.3, -0.25) is 4.79 Å². The van der Waals surface area contributed by atoms with Crippen LogP contribution in [-0.2, 0) is 11.3 Å². The lowest BCUT2D eigenvalue weighted by Gasteiger charge is -2.17. The lowest BCUT2D eigenvalue weighted by molar-refractivity contribution is -0.132. The number of ether oxygens (including phenoxy) is 1. The third-order valence-electron chi connectivity index (χ3n) is 3.55. The summed E-state index contributed by atoms with van der Waals surface area (Å²) < 4.78 is 5.70. The molecule has 0 radical (unpaired) electrons. The predicted molar refractivity (Wildman–Crippen MR) is 79.7 cm³/mol. The van der Waals surface area contributed by atoms with E-state index in [2.05, 4.69) is 12.2 Å². The molecule has 20 heavy (non-hydrogen) atoms. The van der Waals surface area contributed by atoms with Crippen LogP contribution in [0, 0.1) is 0 Å². The molecule has 1 aromatic carbocycles. The molecule has 1 aromatic rings. The number of nitrogens with zero attached hydrogens (tertiary/aromatic N) is 1. The molecule has 0 bridgehead atoms. The average molecular weight is 276 g/mol. The molecule has 0 saturated heterocycles. The van der Waals surface area contributed by atoms with E-state index < -0.39 is 0 Å². The minimum Gasteiger partial charge on any atom is -0.483 e. The second-order valence-corrected chi connectivity index (χ2v) is 5.31. The van der Waals surface area contributed by atoms with Crippen LogP contribution < -0.4 is 10.1 Å². The van der Waals surface area contributed by atoms with Crippen LogP contribution >= 0.6 is 0 Å². The van der Waals surface area contributed by atoms with Crippen molar-refractivity contribution in [2.24, 2.45) is 0 Å². The van der Waals surface area contributed by atoms with Crippen molar-refractivity contribution in [3.63, 3.8) is 0 Å². The van der Waals surface area contributed by atoms with Crippen LogP contribution in [0.25, 0.3) is 0 Å². The summed E-state index contributed by atoms with van der Waals surface area (Å²) in [6.07, 6.45) is 3.35. The minimum atomic E-state index is 0.0591. The molecule has 1 aliphatic rings.